The summed E-state index contributed by atoms with van der Waals surface area (Å²) < 4.78 is 0. The molecule has 0 fully saturated rings. The van der Waals surface area contributed by atoms with Crippen molar-refractivity contribution in [2.75, 3.05) is 0 Å². The Morgan fingerprint density at radius 1 is 1.40 bits per heavy atom. The summed E-state index contributed by atoms with van der Waals surface area (Å²) in [6.45, 7) is 3.33. The van der Waals surface area contributed by atoms with Crippen LogP contribution in [-0.2, 0) is 11.2 Å². The van der Waals surface area contributed by atoms with E-state index in [0.717, 1.165) is 5.56 Å². The third kappa shape index (κ3) is 3.11. The van der Waals surface area contributed by atoms with E-state index in [4.69, 9.17) is 28.3 Å². The Balaban J connectivity index is 2.95. The Morgan fingerprint density at radius 3 is 2.47 bits per heavy atom. The highest BCUT2D eigenvalue weighted by Gasteiger charge is 2.28. The number of rotatable bonds is 3. The summed E-state index contributed by atoms with van der Waals surface area (Å²) in [6, 6.07) is 5.09. The molecule has 0 atom stereocenters. The zero-order valence-corrected chi connectivity index (χ0v) is 10.1. The molecule has 0 aliphatic rings. The summed E-state index contributed by atoms with van der Waals surface area (Å²) in [4.78, 5) is 10.9. The van der Waals surface area contributed by atoms with Crippen LogP contribution in [0.15, 0.2) is 18.2 Å². The molecular weight excluding hydrogens is 235 g/mol. The molecule has 2 nitrogen and oxygen atoms in total. The quantitative estimate of drug-likeness (QED) is 0.885. The maximum Gasteiger partial charge on any atom is 0.309 e. The van der Waals surface area contributed by atoms with Crippen molar-refractivity contribution >= 4 is 29.2 Å². The topological polar surface area (TPSA) is 37.3 Å². The second kappa shape index (κ2) is 4.42. The highest BCUT2D eigenvalue weighted by molar-refractivity contribution is 6.35. The SMILES string of the molecule is CC(C)(Cc1ccc(Cl)cc1Cl)C(=O)O. The average Bonchev–Trinajstić information content (AvgIpc) is 2.09. The molecule has 15 heavy (non-hydrogen) atoms. The molecule has 1 aromatic rings. The van der Waals surface area contributed by atoms with Crippen molar-refractivity contribution in [3.8, 4) is 0 Å². The number of carboxylic acid groups (broad SMARTS) is 1. The van der Waals surface area contributed by atoms with Gasteiger partial charge in [-0.05, 0) is 38.0 Å². The second-order valence-electron chi connectivity index (χ2n) is 4.10. The first-order chi connectivity index (χ1) is 6.83. The smallest absolute Gasteiger partial charge is 0.309 e. The molecule has 0 amide bonds. The summed E-state index contributed by atoms with van der Waals surface area (Å²) in [7, 11) is 0. The van der Waals surface area contributed by atoms with E-state index in [1.807, 2.05) is 0 Å². The Bertz CT molecular complexity index is 386. The molecule has 1 rings (SSSR count). The summed E-state index contributed by atoms with van der Waals surface area (Å²) in [5.41, 5.74) is -0.0224. The van der Waals surface area contributed by atoms with Crippen molar-refractivity contribution in [2.24, 2.45) is 5.41 Å². The fourth-order valence-electron chi connectivity index (χ4n) is 1.22. The van der Waals surface area contributed by atoms with Gasteiger partial charge < -0.3 is 5.11 Å². The van der Waals surface area contributed by atoms with Crippen molar-refractivity contribution in [3.63, 3.8) is 0 Å². The van der Waals surface area contributed by atoms with Crippen molar-refractivity contribution in [1.82, 2.24) is 0 Å². The maximum absolute atomic E-state index is 10.9. The number of halogens is 2. The van der Waals surface area contributed by atoms with Gasteiger partial charge in [-0.15, -0.1) is 0 Å². The number of carboxylic acids is 1. The van der Waals surface area contributed by atoms with E-state index < -0.39 is 11.4 Å². The van der Waals surface area contributed by atoms with Gasteiger partial charge in [0.25, 0.3) is 0 Å². The van der Waals surface area contributed by atoms with Gasteiger partial charge in [0.1, 0.15) is 0 Å². The minimum atomic E-state index is -0.839. The number of hydrogen-bond donors (Lipinski definition) is 1. The average molecular weight is 247 g/mol. The van der Waals surface area contributed by atoms with Crippen LogP contribution in [0.1, 0.15) is 19.4 Å². The summed E-state index contributed by atoms with van der Waals surface area (Å²) >= 11 is 11.7. The van der Waals surface area contributed by atoms with Gasteiger partial charge >= 0.3 is 5.97 Å². The molecule has 0 saturated heterocycles. The van der Waals surface area contributed by atoms with Crippen molar-refractivity contribution < 1.29 is 9.90 Å². The monoisotopic (exact) mass is 246 g/mol. The number of benzene rings is 1. The van der Waals surface area contributed by atoms with Crippen molar-refractivity contribution in [2.45, 2.75) is 20.3 Å². The molecule has 0 bridgehead atoms. The van der Waals surface area contributed by atoms with Crippen LogP contribution in [0.5, 0.6) is 0 Å². The fraction of sp³-hybridized carbons (Fsp3) is 0.364. The van der Waals surface area contributed by atoms with E-state index in [1.165, 1.54) is 0 Å². The Labute approximate surface area is 98.8 Å². The lowest BCUT2D eigenvalue weighted by Crippen LogP contribution is -2.26. The van der Waals surface area contributed by atoms with Gasteiger partial charge in [0.2, 0.25) is 0 Å². The summed E-state index contributed by atoms with van der Waals surface area (Å²) in [5.74, 6) is -0.839. The van der Waals surface area contributed by atoms with Crippen LogP contribution in [0.25, 0.3) is 0 Å². The van der Waals surface area contributed by atoms with Gasteiger partial charge in [0, 0.05) is 10.0 Å². The Kier molecular flexibility index (Phi) is 3.63. The lowest BCUT2D eigenvalue weighted by atomic mass is 9.86. The molecule has 82 valence electrons. The predicted molar refractivity (Wildman–Crippen MR) is 61.6 cm³/mol. The van der Waals surface area contributed by atoms with Crippen LogP contribution >= 0.6 is 23.2 Å². The van der Waals surface area contributed by atoms with Crippen LogP contribution in [0.3, 0.4) is 0 Å². The molecule has 0 heterocycles. The molecule has 0 spiro atoms. The third-order valence-corrected chi connectivity index (χ3v) is 2.81. The third-order valence-electron chi connectivity index (χ3n) is 2.23. The molecule has 0 aliphatic carbocycles. The van der Waals surface area contributed by atoms with E-state index >= 15 is 0 Å². The Morgan fingerprint density at radius 2 is 2.00 bits per heavy atom. The lowest BCUT2D eigenvalue weighted by Gasteiger charge is -2.19. The maximum atomic E-state index is 10.9. The zero-order chi connectivity index (χ0) is 11.6. The molecule has 1 N–H and O–H groups in total. The largest absolute Gasteiger partial charge is 0.481 e. The van der Waals surface area contributed by atoms with Gasteiger partial charge in [-0.2, -0.15) is 0 Å². The summed E-state index contributed by atoms with van der Waals surface area (Å²) in [5, 5.41) is 10.0. The van der Waals surface area contributed by atoms with Crippen LogP contribution in [-0.4, -0.2) is 11.1 Å². The molecule has 0 unspecified atom stereocenters. The van der Waals surface area contributed by atoms with E-state index in [9.17, 15) is 4.79 Å². The van der Waals surface area contributed by atoms with Gasteiger partial charge in [0.05, 0.1) is 5.41 Å². The standard InChI is InChI=1S/C11H12Cl2O2/c1-11(2,10(14)15)6-7-3-4-8(12)5-9(7)13/h3-5H,6H2,1-2H3,(H,14,15). The predicted octanol–water partition coefficient (Wildman–Crippen LogP) is 3.65. The normalized spacial score (nSPS) is 11.5. The zero-order valence-electron chi connectivity index (χ0n) is 8.55. The number of hydrogen-bond acceptors (Lipinski definition) is 1. The van der Waals surface area contributed by atoms with Crippen LogP contribution in [0, 0.1) is 5.41 Å². The highest BCUT2D eigenvalue weighted by atomic mass is 35.5. The van der Waals surface area contributed by atoms with Crippen LogP contribution in [0.4, 0.5) is 0 Å². The van der Waals surface area contributed by atoms with Gasteiger partial charge in [-0.1, -0.05) is 29.3 Å². The number of aliphatic carboxylic acids is 1. The van der Waals surface area contributed by atoms with Crippen molar-refractivity contribution in [1.29, 1.82) is 0 Å². The van der Waals surface area contributed by atoms with Crippen LogP contribution in [0.2, 0.25) is 10.0 Å². The fourth-order valence-corrected chi connectivity index (χ4v) is 1.69. The van der Waals surface area contributed by atoms with Crippen LogP contribution < -0.4 is 0 Å². The minimum Gasteiger partial charge on any atom is -0.481 e. The van der Waals surface area contributed by atoms with E-state index in [1.54, 1.807) is 32.0 Å². The first kappa shape index (κ1) is 12.3. The van der Waals surface area contributed by atoms with E-state index in [0.29, 0.717) is 16.5 Å². The molecule has 0 aromatic heterocycles. The van der Waals surface area contributed by atoms with Crippen molar-refractivity contribution in [3.05, 3.63) is 33.8 Å². The first-order valence-corrected chi connectivity index (χ1v) is 5.26. The minimum absolute atomic E-state index is 0.387. The summed E-state index contributed by atoms with van der Waals surface area (Å²) in [6.07, 6.45) is 0.387. The van der Waals surface area contributed by atoms with Gasteiger partial charge in [0.15, 0.2) is 0 Å². The number of carbonyl (C=O) groups is 1. The van der Waals surface area contributed by atoms with E-state index in [-0.39, 0.29) is 0 Å². The molecule has 0 saturated carbocycles. The second-order valence-corrected chi connectivity index (χ2v) is 4.95. The Hall–Kier alpha value is -0.730. The highest BCUT2D eigenvalue weighted by Crippen LogP contribution is 2.28. The lowest BCUT2D eigenvalue weighted by molar-refractivity contribution is -0.146. The molecule has 0 aliphatic heterocycles. The molecular formula is C11H12Cl2O2. The molecule has 1 aromatic carbocycles. The molecule has 0 radical (unpaired) electrons. The van der Waals surface area contributed by atoms with Gasteiger partial charge in [-0.25, -0.2) is 0 Å². The van der Waals surface area contributed by atoms with E-state index in [2.05, 4.69) is 0 Å². The molecule has 4 heteroatoms. The first-order valence-electron chi connectivity index (χ1n) is 4.50. The van der Waals surface area contributed by atoms with Gasteiger partial charge in [-0.3, -0.25) is 4.79 Å².